The molecule has 0 saturated carbocycles. The molecule has 1 unspecified atom stereocenters. The first kappa shape index (κ1) is 16.1. The van der Waals surface area contributed by atoms with Crippen LogP contribution < -0.4 is 5.32 Å². The van der Waals surface area contributed by atoms with Crippen LogP contribution in [0.4, 0.5) is 5.69 Å². The van der Waals surface area contributed by atoms with E-state index < -0.39 is 16.4 Å². The summed E-state index contributed by atoms with van der Waals surface area (Å²) in [6.07, 6.45) is 1.75. The van der Waals surface area contributed by atoms with Crippen LogP contribution in [0.2, 0.25) is 0 Å². The maximum absolute atomic E-state index is 12.3. The smallest absolute Gasteiger partial charge is 0.282 e. The molecule has 1 amide bonds. The molecule has 24 heavy (non-hydrogen) atoms. The predicted octanol–water partition coefficient (Wildman–Crippen LogP) is 2.24. The van der Waals surface area contributed by atoms with Crippen molar-refractivity contribution in [3.63, 3.8) is 0 Å². The number of nitro groups is 1. The summed E-state index contributed by atoms with van der Waals surface area (Å²) >= 11 is 0. The average Bonchev–Trinajstić information content (AvgIpc) is 2.59. The number of amides is 1. The van der Waals surface area contributed by atoms with Crippen LogP contribution in [0.3, 0.4) is 0 Å². The number of aliphatic hydroxyl groups is 1. The van der Waals surface area contributed by atoms with Gasteiger partial charge in [0.25, 0.3) is 11.6 Å². The van der Waals surface area contributed by atoms with Crippen LogP contribution in [0, 0.1) is 10.1 Å². The van der Waals surface area contributed by atoms with Crippen molar-refractivity contribution in [2.24, 2.45) is 0 Å². The summed E-state index contributed by atoms with van der Waals surface area (Å²) in [5.74, 6) is -0.547. The molecule has 0 heterocycles. The molecule has 0 aliphatic heterocycles. The van der Waals surface area contributed by atoms with Crippen LogP contribution in [0.1, 0.15) is 27.9 Å². The summed E-state index contributed by atoms with van der Waals surface area (Å²) in [6.45, 7) is 0.0617. The van der Waals surface area contributed by atoms with Gasteiger partial charge in [0.1, 0.15) is 5.56 Å². The zero-order valence-corrected chi connectivity index (χ0v) is 13.1. The summed E-state index contributed by atoms with van der Waals surface area (Å²) in [5.41, 5.74) is 1.02. The van der Waals surface area contributed by atoms with Gasteiger partial charge in [-0.15, -0.1) is 0 Å². The number of carbonyl (C=O) groups excluding carboxylic acids is 1. The monoisotopic (exact) mass is 326 g/mol. The Morgan fingerprint density at radius 1 is 1.17 bits per heavy atom. The Labute approximate surface area is 139 Å². The molecule has 1 atom stereocenters. The number of rotatable bonds is 4. The third kappa shape index (κ3) is 3.28. The number of hydrogen-bond donors (Lipinski definition) is 2. The van der Waals surface area contributed by atoms with Gasteiger partial charge in [-0.2, -0.15) is 0 Å². The lowest BCUT2D eigenvalue weighted by molar-refractivity contribution is -0.385. The summed E-state index contributed by atoms with van der Waals surface area (Å²) in [4.78, 5) is 22.7. The highest BCUT2D eigenvalue weighted by molar-refractivity contribution is 5.98. The van der Waals surface area contributed by atoms with Gasteiger partial charge in [0.05, 0.1) is 10.5 Å². The molecular weight excluding hydrogens is 308 g/mol. The Bertz CT molecular complexity index is 790. The first-order valence-corrected chi connectivity index (χ1v) is 7.79. The van der Waals surface area contributed by atoms with Gasteiger partial charge >= 0.3 is 0 Å². The molecule has 2 aromatic rings. The van der Waals surface area contributed by atoms with Gasteiger partial charge in [0.15, 0.2) is 0 Å². The molecule has 0 fully saturated rings. The lowest BCUT2D eigenvalue weighted by Crippen LogP contribution is -2.46. The molecule has 0 aromatic heterocycles. The van der Waals surface area contributed by atoms with Gasteiger partial charge in [-0.25, -0.2) is 0 Å². The quantitative estimate of drug-likeness (QED) is 0.666. The summed E-state index contributed by atoms with van der Waals surface area (Å²) in [7, 11) is 0. The zero-order chi connectivity index (χ0) is 17.2. The van der Waals surface area contributed by atoms with E-state index in [0.717, 1.165) is 12.0 Å². The van der Waals surface area contributed by atoms with Gasteiger partial charge in [-0.1, -0.05) is 36.4 Å². The van der Waals surface area contributed by atoms with Gasteiger partial charge in [-0.3, -0.25) is 14.9 Å². The molecular formula is C18H18N2O4. The molecule has 124 valence electrons. The lowest BCUT2D eigenvalue weighted by atomic mass is 9.80. The molecule has 1 aliphatic carbocycles. The van der Waals surface area contributed by atoms with Crippen LogP contribution in [0.5, 0.6) is 0 Å². The molecule has 6 nitrogen and oxygen atoms in total. The highest BCUT2D eigenvalue weighted by Gasteiger charge is 2.33. The van der Waals surface area contributed by atoms with Crippen LogP contribution in [-0.4, -0.2) is 28.1 Å². The fourth-order valence-electron chi connectivity index (χ4n) is 3.10. The van der Waals surface area contributed by atoms with E-state index in [0.29, 0.717) is 12.8 Å². The first-order valence-electron chi connectivity index (χ1n) is 7.79. The maximum Gasteiger partial charge on any atom is 0.282 e. The van der Waals surface area contributed by atoms with Crippen molar-refractivity contribution in [2.45, 2.75) is 24.9 Å². The van der Waals surface area contributed by atoms with Crippen LogP contribution in [0.15, 0.2) is 48.5 Å². The first-order chi connectivity index (χ1) is 11.5. The number of nitro benzene ring substituents is 1. The average molecular weight is 326 g/mol. The molecule has 0 saturated heterocycles. The fourth-order valence-corrected chi connectivity index (χ4v) is 3.10. The van der Waals surface area contributed by atoms with Crippen molar-refractivity contribution in [2.75, 3.05) is 6.54 Å². The molecule has 0 spiro atoms. The SMILES string of the molecule is O=C(NCC1(O)CCc2ccccc2C1)c1ccccc1[N+](=O)[O-]. The number of hydrogen-bond acceptors (Lipinski definition) is 4. The Hall–Kier alpha value is -2.73. The second kappa shape index (κ2) is 6.41. The largest absolute Gasteiger partial charge is 0.388 e. The number of nitrogens with zero attached hydrogens (tertiary/aromatic N) is 1. The number of para-hydroxylation sites is 1. The van der Waals surface area contributed by atoms with Crippen LogP contribution in [-0.2, 0) is 12.8 Å². The number of nitrogens with one attached hydrogen (secondary N) is 1. The third-order valence-electron chi connectivity index (χ3n) is 4.42. The number of carbonyl (C=O) groups is 1. The topological polar surface area (TPSA) is 92.5 Å². The molecule has 6 heteroatoms. The number of aryl methyl sites for hydroxylation is 1. The fraction of sp³-hybridized carbons (Fsp3) is 0.278. The van der Waals surface area contributed by atoms with Crippen molar-refractivity contribution in [1.82, 2.24) is 5.32 Å². The number of fused-ring (bicyclic) bond motifs is 1. The minimum atomic E-state index is -1.03. The standard InChI is InChI=1S/C18H18N2O4/c21-17(15-7-3-4-8-16(15)20(23)24)19-12-18(22)10-9-13-5-1-2-6-14(13)11-18/h1-8,22H,9-12H2,(H,19,21). The van der Waals surface area contributed by atoms with E-state index >= 15 is 0 Å². The molecule has 0 radical (unpaired) electrons. The van der Waals surface area contributed by atoms with E-state index in [1.165, 1.54) is 23.8 Å². The molecule has 2 N–H and O–H groups in total. The summed E-state index contributed by atoms with van der Waals surface area (Å²) in [5, 5.41) is 24.4. The lowest BCUT2D eigenvalue weighted by Gasteiger charge is -2.33. The second-order valence-corrected chi connectivity index (χ2v) is 6.13. The van der Waals surface area contributed by atoms with E-state index in [1.807, 2.05) is 24.3 Å². The Morgan fingerprint density at radius 3 is 2.58 bits per heavy atom. The van der Waals surface area contributed by atoms with E-state index in [2.05, 4.69) is 5.32 Å². The zero-order valence-electron chi connectivity index (χ0n) is 13.1. The highest BCUT2D eigenvalue weighted by Crippen LogP contribution is 2.28. The molecule has 2 aromatic carbocycles. The predicted molar refractivity (Wildman–Crippen MR) is 88.8 cm³/mol. The summed E-state index contributed by atoms with van der Waals surface area (Å²) in [6, 6.07) is 13.7. The van der Waals surface area contributed by atoms with Crippen molar-refractivity contribution in [3.05, 3.63) is 75.3 Å². The van der Waals surface area contributed by atoms with Crippen LogP contribution >= 0.6 is 0 Å². The van der Waals surface area contributed by atoms with Gasteiger partial charge in [0.2, 0.25) is 0 Å². The molecule has 0 bridgehead atoms. The second-order valence-electron chi connectivity index (χ2n) is 6.13. The van der Waals surface area contributed by atoms with Crippen molar-refractivity contribution < 1.29 is 14.8 Å². The summed E-state index contributed by atoms with van der Waals surface area (Å²) < 4.78 is 0. The van der Waals surface area contributed by atoms with Gasteiger partial charge < -0.3 is 10.4 Å². The van der Waals surface area contributed by atoms with Crippen molar-refractivity contribution in [3.8, 4) is 0 Å². The van der Waals surface area contributed by atoms with E-state index in [4.69, 9.17) is 0 Å². The minimum absolute atomic E-state index is 0.00214. The maximum atomic E-state index is 12.3. The van der Waals surface area contributed by atoms with Gasteiger partial charge in [-0.05, 0) is 30.0 Å². The Kier molecular flexibility index (Phi) is 4.31. The number of benzene rings is 2. The molecule has 1 aliphatic rings. The van der Waals surface area contributed by atoms with Crippen LogP contribution in [0.25, 0.3) is 0 Å². The minimum Gasteiger partial charge on any atom is -0.388 e. The molecule has 3 rings (SSSR count). The normalized spacial score (nSPS) is 19.4. The Morgan fingerprint density at radius 2 is 1.83 bits per heavy atom. The Balaban J connectivity index is 1.70. The van der Waals surface area contributed by atoms with E-state index in [9.17, 15) is 20.0 Å². The van der Waals surface area contributed by atoms with E-state index in [-0.39, 0.29) is 17.8 Å². The van der Waals surface area contributed by atoms with E-state index in [1.54, 1.807) is 6.07 Å². The third-order valence-corrected chi connectivity index (χ3v) is 4.42. The van der Waals surface area contributed by atoms with Crippen molar-refractivity contribution >= 4 is 11.6 Å². The highest BCUT2D eigenvalue weighted by atomic mass is 16.6. The van der Waals surface area contributed by atoms with Crippen molar-refractivity contribution in [1.29, 1.82) is 0 Å². The van der Waals surface area contributed by atoms with Gasteiger partial charge in [0, 0.05) is 19.0 Å².